The van der Waals surface area contributed by atoms with Crippen molar-refractivity contribution in [2.24, 2.45) is 5.73 Å². The molecular formula is C12H18ClFN2O3. The molecule has 0 saturated heterocycles. The quantitative estimate of drug-likeness (QED) is 0.777. The number of halogens is 2. The molecule has 5 nitrogen and oxygen atoms in total. The van der Waals surface area contributed by atoms with E-state index in [1.165, 1.54) is 18.2 Å². The molecule has 0 bridgehead atoms. The summed E-state index contributed by atoms with van der Waals surface area (Å²) in [6, 6.07) is 3.72. The summed E-state index contributed by atoms with van der Waals surface area (Å²) in [6.45, 7) is 3.58. The van der Waals surface area contributed by atoms with Gasteiger partial charge in [-0.2, -0.15) is 0 Å². The van der Waals surface area contributed by atoms with Crippen molar-refractivity contribution < 1.29 is 19.0 Å². The topological polar surface area (TPSA) is 84.6 Å². The van der Waals surface area contributed by atoms with Gasteiger partial charge in [-0.1, -0.05) is 0 Å². The van der Waals surface area contributed by atoms with Crippen molar-refractivity contribution in [2.45, 2.75) is 26.0 Å². The normalized spacial score (nSPS) is 13.1. The number of nitrogens with one attached hydrogen (secondary N) is 1. The molecular weight excluding hydrogens is 275 g/mol. The van der Waals surface area contributed by atoms with E-state index >= 15 is 0 Å². The van der Waals surface area contributed by atoms with E-state index in [9.17, 15) is 9.18 Å². The van der Waals surface area contributed by atoms with Crippen LogP contribution in [0.25, 0.3) is 0 Å². The highest BCUT2D eigenvalue weighted by Gasteiger charge is 2.13. The summed E-state index contributed by atoms with van der Waals surface area (Å²) < 4.78 is 18.6. The lowest BCUT2D eigenvalue weighted by Gasteiger charge is -2.19. The van der Waals surface area contributed by atoms with Crippen molar-refractivity contribution in [1.82, 2.24) is 5.32 Å². The molecule has 0 spiro atoms. The zero-order valence-corrected chi connectivity index (χ0v) is 11.5. The summed E-state index contributed by atoms with van der Waals surface area (Å²) in [6.07, 6.45) is -1.49. The molecule has 2 atom stereocenters. The van der Waals surface area contributed by atoms with Gasteiger partial charge in [-0.25, -0.2) is 9.18 Å². The van der Waals surface area contributed by atoms with Crippen LogP contribution in [0, 0.1) is 5.82 Å². The van der Waals surface area contributed by atoms with Gasteiger partial charge in [0, 0.05) is 11.6 Å². The number of hydrogen-bond acceptors (Lipinski definition) is 3. The predicted molar refractivity (Wildman–Crippen MR) is 72.4 cm³/mol. The second-order valence-corrected chi connectivity index (χ2v) is 4.09. The Kier molecular flexibility index (Phi) is 7.18. The summed E-state index contributed by atoms with van der Waals surface area (Å²) in [5.41, 5.74) is 6.28. The molecule has 108 valence electrons. The molecule has 1 amide bonds. The minimum absolute atomic E-state index is 0. The standard InChI is InChI=1S/C12H17FN2O3.ClH/c1-7(6-15-12(16)17)18-11-4-3-9(13)5-10(11)8(2)14;/h3-5,7-8,15H,6,14H2,1-2H3,(H,16,17);1H/t7-,8+;/m0./s1. The first-order chi connectivity index (χ1) is 8.40. The lowest BCUT2D eigenvalue weighted by atomic mass is 10.1. The molecule has 0 fully saturated rings. The third kappa shape index (κ3) is 5.76. The van der Waals surface area contributed by atoms with E-state index in [2.05, 4.69) is 5.32 Å². The number of carbonyl (C=O) groups is 1. The number of nitrogens with two attached hydrogens (primary N) is 1. The summed E-state index contributed by atoms with van der Waals surface area (Å²) in [5, 5.41) is 10.7. The third-order valence-electron chi connectivity index (χ3n) is 2.33. The Bertz CT molecular complexity index is 429. The minimum atomic E-state index is -1.11. The Labute approximate surface area is 117 Å². The van der Waals surface area contributed by atoms with Crippen molar-refractivity contribution in [1.29, 1.82) is 0 Å². The van der Waals surface area contributed by atoms with Gasteiger partial charge in [0.05, 0.1) is 6.54 Å². The van der Waals surface area contributed by atoms with Crippen LogP contribution < -0.4 is 15.8 Å². The molecule has 1 aromatic carbocycles. The second-order valence-electron chi connectivity index (χ2n) is 4.09. The molecule has 0 radical (unpaired) electrons. The van der Waals surface area contributed by atoms with E-state index < -0.39 is 6.09 Å². The molecule has 0 saturated carbocycles. The van der Waals surface area contributed by atoms with Gasteiger partial charge in [0.25, 0.3) is 0 Å². The Hall–Kier alpha value is -1.53. The van der Waals surface area contributed by atoms with E-state index in [-0.39, 0.29) is 36.9 Å². The lowest BCUT2D eigenvalue weighted by Crippen LogP contribution is -2.32. The van der Waals surface area contributed by atoms with Crippen LogP contribution in [0.2, 0.25) is 0 Å². The van der Waals surface area contributed by atoms with Crippen LogP contribution in [0.15, 0.2) is 18.2 Å². The second kappa shape index (κ2) is 7.81. The first-order valence-electron chi connectivity index (χ1n) is 5.58. The van der Waals surface area contributed by atoms with Gasteiger partial charge >= 0.3 is 6.09 Å². The number of ether oxygens (including phenoxy) is 1. The smallest absolute Gasteiger partial charge is 0.404 e. The molecule has 0 heterocycles. The third-order valence-corrected chi connectivity index (χ3v) is 2.33. The van der Waals surface area contributed by atoms with Crippen LogP contribution in [0.3, 0.4) is 0 Å². The number of amides is 1. The Balaban J connectivity index is 0.00000324. The first-order valence-corrected chi connectivity index (χ1v) is 5.58. The lowest BCUT2D eigenvalue weighted by molar-refractivity contribution is 0.178. The highest BCUT2D eigenvalue weighted by molar-refractivity contribution is 5.85. The maximum Gasteiger partial charge on any atom is 0.404 e. The number of benzene rings is 1. The highest BCUT2D eigenvalue weighted by Crippen LogP contribution is 2.25. The monoisotopic (exact) mass is 292 g/mol. The van der Waals surface area contributed by atoms with Crippen LogP contribution in [-0.4, -0.2) is 23.8 Å². The van der Waals surface area contributed by atoms with Crippen LogP contribution in [0.1, 0.15) is 25.5 Å². The van der Waals surface area contributed by atoms with Crippen LogP contribution in [-0.2, 0) is 0 Å². The molecule has 7 heteroatoms. The van der Waals surface area contributed by atoms with Gasteiger partial charge in [0.1, 0.15) is 17.7 Å². The fourth-order valence-electron chi connectivity index (χ4n) is 1.47. The Morgan fingerprint density at radius 1 is 1.53 bits per heavy atom. The number of hydrogen-bond donors (Lipinski definition) is 3. The molecule has 0 aliphatic rings. The minimum Gasteiger partial charge on any atom is -0.489 e. The molecule has 1 aromatic rings. The SMILES string of the molecule is C[C@@H](CNC(=O)O)Oc1ccc(F)cc1[C@@H](C)N.Cl. The molecule has 0 unspecified atom stereocenters. The van der Waals surface area contributed by atoms with E-state index in [0.29, 0.717) is 11.3 Å². The van der Waals surface area contributed by atoms with Crippen LogP contribution >= 0.6 is 12.4 Å². The zero-order chi connectivity index (χ0) is 13.7. The van der Waals surface area contributed by atoms with Gasteiger partial charge in [-0.15, -0.1) is 12.4 Å². The van der Waals surface area contributed by atoms with Crippen molar-refractivity contribution in [2.75, 3.05) is 6.54 Å². The first kappa shape index (κ1) is 17.5. The van der Waals surface area contributed by atoms with Crippen molar-refractivity contribution in [3.8, 4) is 5.75 Å². The summed E-state index contributed by atoms with van der Waals surface area (Å²) in [7, 11) is 0. The maximum atomic E-state index is 13.1. The van der Waals surface area contributed by atoms with Crippen LogP contribution in [0.4, 0.5) is 9.18 Å². The summed E-state index contributed by atoms with van der Waals surface area (Å²) >= 11 is 0. The van der Waals surface area contributed by atoms with Gasteiger partial charge in [-0.05, 0) is 32.0 Å². The Morgan fingerprint density at radius 3 is 2.68 bits per heavy atom. The van der Waals surface area contributed by atoms with E-state index in [1.54, 1.807) is 13.8 Å². The van der Waals surface area contributed by atoms with Crippen molar-refractivity contribution >= 4 is 18.5 Å². The van der Waals surface area contributed by atoms with E-state index in [1.807, 2.05) is 0 Å². The molecule has 19 heavy (non-hydrogen) atoms. The molecule has 0 aromatic heterocycles. The van der Waals surface area contributed by atoms with Crippen molar-refractivity contribution in [3.63, 3.8) is 0 Å². The fraction of sp³-hybridized carbons (Fsp3) is 0.417. The largest absolute Gasteiger partial charge is 0.489 e. The van der Waals surface area contributed by atoms with Gasteiger partial charge in [-0.3, -0.25) is 0 Å². The Morgan fingerprint density at radius 2 is 2.16 bits per heavy atom. The van der Waals surface area contributed by atoms with Crippen LogP contribution in [0.5, 0.6) is 5.75 Å². The molecule has 0 aliphatic carbocycles. The average Bonchev–Trinajstić information content (AvgIpc) is 2.28. The molecule has 0 aliphatic heterocycles. The van der Waals surface area contributed by atoms with E-state index in [0.717, 1.165) is 0 Å². The predicted octanol–water partition coefficient (Wildman–Crippen LogP) is 2.30. The number of carboxylic acid groups (broad SMARTS) is 1. The van der Waals surface area contributed by atoms with Gasteiger partial charge < -0.3 is 20.9 Å². The van der Waals surface area contributed by atoms with Gasteiger partial charge in [0.2, 0.25) is 0 Å². The van der Waals surface area contributed by atoms with Gasteiger partial charge in [0.15, 0.2) is 0 Å². The molecule has 1 rings (SSSR count). The molecule has 4 N–H and O–H groups in total. The van der Waals surface area contributed by atoms with Crippen molar-refractivity contribution in [3.05, 3.63) is 29.6 Å². The van der Waals surface area contributed by atoms with E-state index in [4.69, 9.17) is 15.6 Å². The average molecular weight is 293 g/mol. The highest BCUT2D eigenvalue weighted by atomic mass is 35.5. The number of rotatable bonds is 5. The summed E-state index contributed by atoms with van der Waals surface area (Å²) in [5.74, 6) is 0.0806. The zero-order valence-electron chi connectivity index (χ0n) is 10.7. The summed E-state index contributed by atoms with van der Waals surface area (Å²) in [4.78, 5) is 10.3. The fourth-order valence-corrected chi connectivity index (χ4v) is 1.47. The maximum absolute atomic E-state index is 13.1.